The number of imide groups is 1. The summed E-state index contributed by atoms with van der Waals surface area (Å²) in [6.07, 6.45) is 0. The number of carbonyl (C=O) groups excluding carboxylic acids is 3. The summed E-state index contributed by atoms with van der Waals surface area (Å²) in [6, 6.07) is 11.2. The van der Waals surface area contributed by atoms with E-state index < -0.39 is 24.5 Å². The predicted octanol–water partition coefficient (Wildman–Crippen LogP) is 2.97. The topological polar surface area (TPSA) is 111 Å². The average Bonchev–Trinajstić information content (AvgIpc) is 3.04. The van der Waals surface area contributed by atoms with Crippen LogP contribution in [-0.2, 0) is 9.53 Å². The van der Waals surface area contributed by atoms with Gasteiger partial charge in [0.05, 0.1) is 26.0 Å². The van der Waals surface area contributed by atoms with Crippen LogP contribution in [0.15, 0.2) is 42.5 Å². The summed E-state index contributed by atoms with van der Waals surface area (Å²) in [4.78, 5) is 39.9. The molecule has 0 fully saturated rings. The van der Waals surface area contributed by atoms with Crippen molar-refractivity contribution in [3.63, 3.8) is 0 Å². The number of esters is 1. The Morgan fingerprint density at radius 1 is 1.19 bits per heavy atom. The first-order valence-corrected chi connectivity index (χ1v) is 8.55. The van der Waals surface area contributed by atoms with Gasteiger partial charge in [-0.2, -0.15) is 0 Å². The maximum atomic E-state index is 12.5. The number of primary amides is 1. The van der Waals surface area contributed by atoms with E-state index in [0.29, 0.717) is 20.9 Å². The molecule has 9 heteroatoms. The number of nitrogens with two attached hydrogens (primary N) is 1. The Morgan fingerprint density at radius 3 is 2.65 bits per heavy atom. The zero-order valence-electron chi connectivity index (χ0n) is 13.2. The van der Waals surface area contributed by atoms with Crippen molar-refractivity contribution < 1.29 is 19.1 Å². The second-order valence-electron chi connectivity index (χ2n) is 5.16. The van der Waals surface area contributed by atoms with Crippen molar-refractivity contribution in [2.45, 2.75) is 0 Å². The first-order valence-electron chi connectivity index (χ1n) is 7.36. The first-order chi connectivity index (χ1) is 12.4. The monoisotopic (exact) mass is 389 g/mol. The number of aromatic nitrogens is 1. The van der Waals surface area contributed by atoms with E-state index in [2.05, 4.69) is 4.98 Å². The van der Waals surface area contributed by atoms with Crippen molar-refractivity contribution in [1.29, 1.82) is 0 Å². The first kappa shape index (κ1) is 17.8. The number of pyridine rings is 1. The summed E-state index contributed by atoms with van der Waals surface area (Å²) in [5, 5.41) is 2.41. The molecule has 3 rings (SSSR count). The van der Waals surface area contributed by atoms with Gasteiger partial charge in [-0.15, -0.1) is 11.3 Å². The van der Waals surface area contributed by atoms with Crippen LogP contribution >= 0.6 is 22.9 Å². The summed E-state index contributed by atoms with van der Waals surface area (Å²) < 4.78 is 5.59. The highest BCUT2D eigenvalue weighted by Crippen LogP contribution is 2.32. The molecular formula is C17H12ClN3O4S. The number of thiophene rings is 1. The summed E-state index contributed by atoms with van der Waals surface area (Å²) in [6.45, 7) is -0.626. The van der Waals surface area contributed by atoms with Crippen LogP contribution in [0.3, 0.4) is 0 Å². The Morgan fingerprint density at radius 2 is 1.96 bits per heavy atom. The van der Waals surface area contributed by atoms with E-state index in [9.17, 15) is 14.4 Å². The number of hydrogen-bond donors (Lipinski definition) is 2. The van der Waals surface area contributed by atoms with Gasteiger partial charge in [-0.25, -0.2) is 14.6 Å². The van der Waals surface area contributed by atoms with E-state index in [4.69, 9.17) is 22.1 Å². The number of para-hydroxylation sites is 1. The van der Waals surface area contributed by atoms with Crippen molar-refractivity contribution in [1.82, 2.24) is 10.3 Å². The molecule has 0 saturated heterocycles. The summed E-state index contributed by atoms with van der Waals surface area (Å²) >= 11 is 7.30. The van der Waals surface area contributed by atoms with E-state index in [1.165, 1.54) is 11.3 Å². The minimum absolute atomic E-state index is 0.252. The van der Waals surface area contributed by atoms with Gasteiger partial charge in [0, 0.05) is 5.39 Å². The number of hydrogen-bond acceptors (Lipinski definition) is 6. The lowest BCUT2D eigenvalue weighted by Crippen LogP contribution is -2.37. The van der Waals surface area contributed by atoms with Crippen molar-refractivity contribution >= 4 is 51.7 Å². The van der Waals surface area contributed by atoms with E-state index in [1.54, 1.807) is 42.5 Å². The largest absolute Gasteiger partial charge is 0.452 e. The number of amides is 3. The van der Waals surface area contributed by atoms with Gasteiger partial charge in [-0.3, -0.25) is 10.1 Å². The molecule has 3 amide bonds. The molecule has 2 aromatic heterocycles. The molecule has 0 aliphatic heterocycles. The van der Waals surface area contributed by atoms with Crippen LogP contribution in [0.25, 0.3) is 21.5 Å². The molecule has 0 aliphatic carbocycles. The summed E-state index contributed by atoms with van der Waals surface area (Å²) in [5.41, 5.74) is 6.26. The standard InChI is InChI=1S/C17H12ClN3O4S/c18-14-6-5-13(26-14)12-7-10(9-3-1-2-4-11(9)20-12)16(23)25-8-15(22)21-17(19)24/h1-7H,8H2,(H3,19,21,22,24). The highest BCUT2D eigenvalue weighted by atomic mass is 35.5. The van der Waals surface area contributed by atoms with Crippen LogP contribution in [0.5, 0.6) is 0 Å². The fraction of sp³-hybridized carbons (Fsp3) is 0.0588. The van der Waals surface area contributed by atoms with Crippen LogP contribution in [0.2, 0.25) is 4.34 Å². The number of nitrogens with zero attached hydrogens (tertiary/aromatic N) is 1. The quantitative estimate of drug-likeness (QED) is 0.666. The van der Waals surface area contributed by atoms with Gasteiger partial charge < -0.3 is 10.5 Å². The Kier molecular flexibility index (Phi) is 5.15. The molecule has 3 N–H and O–H groups in total. The zero-order valence-corrected chi connectivity index (χ0v) is 14.8. The molecule has 3 aromatic rings. The Bertz CT molecular complexity index is 1020. The lowest BCUT2D eigenvalue weighted by molar-refractivity contribution is -0.123. The van der Waals surface area contributed by atoms with Crippen LogP contribution in [0.1, 0.15) is 10.4 Å². The Labute approximate surface area is 156 Å². The van der Waals surface area contributed by atoms with Crippen LogP contribution in [0, 0.1) is 0 Å². The predicted molar refractivity (Wildman–Crippen MR) is 98.1 cm³/mol. The minimum atomic E-state index is -1.02. The normalized spacial score (nSPS) is 10.5. The van der Waals surface area contributed by atoms with E-state index in [1.807, 2.05) is 5.32 Å². The molecule has 0 atom stereocenters. The number of halogens is 1. The zero-order chi connectivity index (χ0) is 18.7. The lowest BCUT2D eigenvalue weighted by Gasteiger charge is -2.09. The molecule has 132 valence electrons. The molecule has 2 heterocycles. The molecule has 0 aliphatic rings. The van der Waals surface area contributed by atoms with Gasteiger partial charge in [0.1, 0.15) is 0 Å². The third-order valence-electron chi connectivity index (χ3n) is 3.36. The molecule has 26 heavy (non-hydrogen) atoms. The smallest absolute Gasteiger partial charge is 0.339 e. The average molecular weight is 390 g/mol. The molecule has 0 radical (unpaired) electrons. The van der Waals surface area contributed by atoms with E-state index in [0.717, 1.165) is 4.88 Å². The molecular weight excluding hydrogens is 378 g/mol. The van der Waals surface area contributed by atoms with E-state index in [-0.39, 0.29) is 5.56 Å². The number of carbonyl (C=O) groups is 3. The van der Waals surface area contributed by atoms with Crippen molar-refractivity contribution in [3.05, 3.63) is 52.4 Å². The fourth-order valence-electron chi connectivity index (χ4n) is 2.30. The van der Waals surface area contributed by atoms with Gasteiger partial charge >= 0.3 is 12.0 Å². The Balaban J connectivity index is 1.94. The highest BCUT2D eigenvalue weighted by Gasteiger charge is 2.17. The number of fused-ring (bicyclic) bond motifs is 1. The molecule has 0 saturated carbocycles. The third kappa shape index (κ3) is 3.98. The number of benzene rings is 1. The number of urea groups is 1. The molecule has 0 unspecified atom stereocenters. The maximum absolute atomic E-state index is 12.5. The molecule has 1 aromatic carbocycles. The minimum Gasteiger partial charge on any atom is -0.452 e. The van der Waals surface area contributed by atoms with Gasteiger partial charge in [0.2, 0.25) is 0 Å². The van der Waals surface area contributed by atoms with Gasteiger partial charge in [0.25, 0.3) is 5.91 Å². The van der Waals surface area contributed by atoms with E-state index >= 15 is 0 Å². The lowest BCUT2D eigenvalue weighted by atomic mass is 10.1. The van der Waals surface area contributed by atoms with Gasteiger partial charge in [-0.1, -0.05) is 29.8 Å². The van der Waals surface area contributed by atoms with Crippen molar-refractivity contribution in [2.24, 2.45) is 5.73 Å². The third-order valence-corrected chi connectivity index (χ3v) is 4.61. The second-order valence-corrected chi connectivity index (χ2v) is 6.88. The number of rotatable bonds is 4. The summed E-state index contributed by atoms with van der Waals surface area (Å²) in [7, 11) is 0. The van der Waals surface area contributed by atoms with Gasteiger partial charge in [-0.05, 0) is 24.3 Å². The SMILES string of the molecule is NC(=O)NC(=O)COC(=O)c1cc(-c2ccc(Cl)s2)nc2ccccc12. The molecule has 7 nitrogen and oxygen atoms in total. The van der Waals surface area contributed by atoms with Crippen LogP contribution in [-0.4, -0.2) is 29.5 Å². The molecule has 0 spiro atoms. The fourth-order valence-corrected chi connectivity index (χ4v) is 3.31. The molecule has 0 bridgehead atoms. The second kappa shape index (κ2) is 7.51. The van der Waals surface area contributed by atoms with Crippen molar-refractivity contribution in [3.8, 4) is 10.6 Å². The maximum Gasteiger partial charge on any atom is 0.339 e. The van der Waals surface area contributed by atoms with Gasteiger partial charge in [0.15, 0.2) is 6.61 Å². The number of nitrogens with one attached hydrogen (secondary N) is 1. The van der Waals surface area contributed by atoms with Crippen LogP contribution < -0.4 is 11.1 Å². The number of ether oxygens (including phenoxy) is 1. The van der Waals surface area contributed by atoms with Crippen molar-refractivity contribution in [2.75, 3.05) is 6.61 Å². The van der Waals surface area contributed by atoms with Crippen LogP contribution in [0.4, 0.5) is 4.79 Å². The highest BCUT2D eigenvalue weighted by molar-refractivity contribution is 7.19. The Hall–Kier alpha value is -2.97. The summed E-state index contributed by atoms with van der Waals surface area (Å²) in [5.74, 6) is -1.53.